The third-order valence-electron chi connectivity index (χ3n) is 3.14. The molecule has 20 heavy (non-hydrogen) atoms. The summed E-state index contributed by atoms with van der Waals surface area (Å²) in [6.07, 6.45) is 0. The third kappa shape index (κ3) is 1.88. The molecule has 0 aliphatic rings. The number of phenolic OH excluding ortho intramolecular Hbond substituents is 1. The number of nitrogens with zero attached hydrogens (tertiary/aromatic N) is 1. The lowest BCUT2D eigenvalue weighted by Gasteiger charge is -2.09. The Balaban J connectivity index is 2.34. The Morgan fingerprint density at radius 3 is 2.75 bits per heavy atom. The number of benzene rings is 2. The number of halogens is 1. The first-order valence-electron chi connectivity index (χ1n) is 5.94. The van der Waals surface area contributed by atoms with Gasteiger partial charge in [-0.2, -0.15) is 0 Å². The van der Waals surface area contributed by atoms with Crippen LogP contribution in [0.4, 0.5) is 0 Å². The summed E-state index contributed by atoms with van der Waals surface area (Å²) in [5.74, 6) is -0.120. The molecule has 0 aliphatic carbocycles. The number of rotatable bonds is 2. The number of aliphatic hydroxyl groups is 1. The predicted octanol–water partition coefficient (Wildman–Crippen LogP) is 2.17. The van der Waals surface area contributed by atoms with E-state index in [0.717, 1.165) is 0 Å². The molecule has 1 aromatic heterocycles. The fourth-order valence-corrected chi connectivity index (χ4v) is 2.41. The van der Waals surface area contributed by atoms with Gasteiger partial charge in [-0.25, -0.2) is 4.79 Å². The molecule has 0 spiro atoms. The molecule has 1 heterocycles. The van der Waals surface area contributed by atoms with Crippen LogP contribution in [-0.2, 0) is 6.61 Å². The monoisotopic (exact) mass is 290 g/mol. The van der Waals surface area contributed by atoms with Crippen LogP contribution >= 0.6 is 11.6 Å². The molecule has 0 aliphatic heterocycles. The van der Waals surface area contributed by atoms with Crippen LogP contribution in [0.25, 0.3) is 16.7 Å². The highest BCUT2D eigenvalue weighted by molar-refractivity contribution is 6.31. The summed E-state index contributed by atoms with van der Waals surface area (Å²) >= 11 is 6.03. The highest BCUT2D eigenvalue weighted by Gasteiger charge is 2.14. The van der Waals surface area contributed by atoms with Crippen LogP contribution in [0.1, 0.15) is 5.56 Å². The van der Waals surface area contributed by atoms with Gasteiger partial charge in [0.05, 0.1) is 23.3 Å². The molecular formula is C14H11ClN2O3. The van der Waals surface area contributed by atoms with Gasteiger partial charge >= 0.3 is 5.69 Å². The lowest BCUT2D eigenvalue weighted by molar-refractivity contribution is 0.281. The van der Waals surface area contributed by atoms with Crippen LogP contribution in [0.3, 0.4) is 0 Å². The maximum atomic E-state index is 12.1. The van der Waals surface area contributed by atoms with Gasteiger partial charge < -0.3 is 15.2 Å². The molecule has 102 valence electrons. The molecule has 0 bridgehead atoms. The van der Waals surface area contributed by atoms with Gasteiger partial charge in [0.25, 0.3) is 0 Å². The first kappa shape index (κ1) is 12.8. The fourth-order valence-electron chi connectivity index (χ4n) is 2.19. The summed E-state index contributed by atoms with van der Waals surface area (Å²) in [5.41, 5.74) is 1.62. The summed E-state index contributed by atoms with van der Waals surface area (Å²) in [5, 5.41) is 19.5. The largest absolute Gasteiger partial charge is 0.506 e. The second-order valence-electron chi connectivity index (χ2n) is 4.37. The Morgan fingerprint density at radius 2 is 2.00 bits per heavy atom. The number of fused-ring (bicyclic) bond motifs is 1. The molecule has 0 saturated heterocycles. The Kier molecular flexibility index (Phi) is 3.00. The lowest BCUT2D eigenvalue weighted by atomic mass is 10.2. The van der Waals surface area contributed by atoms with E-state index in [4.69, 9.17) is 16.7 Å². The minimum absolute atomic E-state index is 0.120. The Labute approximate surface area is 118 Å². The molecule has 0 amide bonds. The van der Waals surface area contributed by atoms with Crippen molar-refractivity contribution in [2.24, 2.45) is 0 Å². The van der Waals surface area contributed by atoms with Crippen molar-refractivity contribution in [3.05, 3.63) is 57.5 Å². The van der Waals surface area contributed by atoms with Gasteiger partial charge in [-0.1, -0.05) is 23.7 Å². The van der Waals surface area contributed by atoms with Crippen molar-refractivity contribution in [1.29, 1.82) is 0 Å². The quantitative estimate of drug-likeness (QED) is 0.677. The smallest absolute Gasteiger partial charge is 0.331 e. The molecule has 3 rings (SSSR count). The molecular weight excluding hydrogens is 280 g/mol. The van der Waals surface area contributed by atoms with Crippen LogP contribution in [-0.4, -0.2) is 19.8 Å². The molecule has 0 fully saturated rings. The van der Waals surface area contributed by atoms with Crippen LogP contribution in [0.2, 0.25) is 5.02 Å². The number of aromatic nitrogens is 2. The van der Waals surface area contributed by atoms with Crippen LogP contribution in [0.5, 0.6) is 5.75 Å². The van der Waals surface area contributed by atoms with Crippen LogP contribution < -0.4 is 5.69 Å². The van der Waals surface area contributed by atoms with E-state index in [1.807, 2.05) is 6.07 Å². The maximum Gasteiger partial charge on any atom is 0.331 e. The Morgan fingerprint density at radius 1 is 1.25 bits per heavy atom. The van der Waals surface area contributed by atoms with E-state index in [2.05, 4.69) is 4.98 Å². The van der Waals surface area contributed by atoms with Crippen molar-refractivity contribution in [3.8, 4) is 11.4 Å². The Hall–Kier alpha value is -2.24. The minimum Gasteiger partial charge on any atom is -0.506 e. The van der Waals surface area contributed by atoms with Gasteiger partial charge in [-0.15, -0.1) is 0 Å². The molecule has 5 nitrogen and oxygen atoms in total. The van der Waals surface area contributed by atoms with Gasteiger partial charge in [-0.3, -0.25) is 4.57 Å². The molecule has 6 heteroatoms. The molecule has 0 radical (unpaired) electrons. The van der Waals surface area contributed by atoms with Crippen molar-refractivity contribution in [1.82, 2.24) is 9.55 Å². The number of aromatic hydroxyl groups is 1. The van der Waals surface area contributed by atoms with E-state index in [1.54, 1.807) is 18.2 Å². The first-order chi connectivity index (χ1) is 9.61. The molecule has 2 aromatic carbocycles. The van der Waals surface area contributed by atoms with Gasteiger partial charge in [0.1, 0.15) is 5.75 Å². The zero-order chi connectivity index (χ0) is 14.3. The van der Waals surface area contributed by atoms with E-state index in [1.165, 1.54) is 16.7 Å². The average Bonchev–Trinajstić information content (AvgIpc) is 2.77. The normalized spacial score (nSPS) is 11.1. The second-order valence-corrected chi connectivity index (χ2v) is 4.78. The summed E-state index contributed by atoms with van der Waals surface area (Å²) in [4.78, 5) is 14.8. The number of hydrogen-bond donors (Lipinski definition) is 3. The molecule has 0 unspecified atom stereocenters. The highest BCUT2D eigenvalue weighted by Crippen LogP contribution is 2.30. The zero-order valence-electron chi connectivity index (χ0n) is 10.3. The molecule has 0 saturated carbocycles. The molecule has 0 atom stereocenters. The average molecular weight is 291 g/mol. The summed E-state index contributed by atoms with van der Waals surface area (Å²) < 4.78 is 1.34. The van der Waals surface area contributed by atoms with Gasteiger partial charge in [-0.05, 0) is 29.8 Å². The van der Waals surface area contributed by atoms with E-state index >= 15 is 0 Å². The van der Waals surface area contributed by atoms with E-state index < -0.39 is 0 Å². The van der Waals surface area contributed by atoms with E-state index in [-0.39, 0.29) is 28.8 Å². The zero-order valence-corrected chi connectivity index (χ0v) is 11.1. The first-order valence-corrected chi connectivity index (χ1v) is 6.32. The van der Waals surface area contributed by atoms with Gasteiger partial charge in [0.15, 0.2) is 0 Å². The number of aromatic amines is 1. The number of H-pyrrole nitrogens is 1. The number of imidazole rings is 1. The predicted molar refractivity (Wildman–Crippen MR) is 76.5 cm³/mol. The number of hydrogen-bond acceptors (Lipinski definition) is 3. The fraction of sp³-hybridized carbons (Fsp3) is 0.0714. The van der Waals surface area contributed by atoms with Gasteiger partial charge in [0, 0.05) is 5.02 Å². The van der Waals surface area contributed by atoms with Crippen molar-refractivity contribution in [2.75, 3.05) is 0 Å². The maximum absolute atomic E-state index is 12.1. The minimum atomic E-state index is -0.366. The third-order valence-corrected chi connectivity index (χ3v) is 3.50. The molecule has 3 N–H and O–H groups in total. The SMILES string of the molecule is O=c1[nH]c2ccccc2n1-c1cc(Cl)c(CO)cc1O. The van der Waals surface area contributed by atoms with Gasteiger partial charge in [0.2, 0.25) is 0 Å². The summed E-state index contributed by atoms with van der Waals surface area (Å²) in [7, 11) is 0. The van der Waals surface area contributed by atoms with Crippen molar-refractivity contribution >= 4 is 22.6 Å². The number of aliphatic hydroxyl groups excluding tert-OH is 1. The number of nitrogens with one attached hydrogen (secondary N) is 1. The number of phenols is 1. The summed E-state index contributed by atoms with van der Waals surface area (Å²) in [6, 6.07) is 9.96. The topological polar surface area (TPSA) is 78.2 Å². The van der Waals surface area contributed by atoms with E-state index in [9.17, 15) is 9.90 Å². The van der Waals surface area contributed by atoms with Crippen molar-refractivity contribution in [3.63, 3.8) is 0 Å². The summed E-state index contributed by atoms with van der Waals surface area (Å²) in [6.45, 7) is -0.282. The molecule has 3 aromatic rings. The van der Waals surface area contributed by atoms with Crippen LogP contribution in [0.15, 0.2) is 41.2 Å². The lowest BCUT2D eigenvalue weighted by Crippen LogP contribution is -2.14. The van der Waals surface area contributed by atoms with Crippen molar-refractivity contribution < 1.29 is 10.2 Å². The highest BCUT2D eigenvalue weighted by atomic mass is 35.5. The van der Waals surface area contributed by atoms with E-state index in [0.29, 0.717) is 16.6 Å². The Bertz CT molecular complexity index is 851. The van der Waals surface area contributed by atoms with Crippen LogP contribution in [0, 0.1) is 0 Å². The van der Waals surface area contributed by atoms with Crippen molar-refractivity contribution in [2.45, 2.75) is 6.61 Å². The second kappa shape index (κ2) is 4.70. The standard InChI is InChI=1S/C14H11ClN2O3/c15-9-6-12(13(19)5-8(9)7-18)17-11-4-2-1-3-10(11)16-14(17)20/h1-6,18-19H,7H2,(H,16,20). The number of para-hydroxylation sites is 2.